The van der Waals surface area contributed by atoms with Crippen LogP contribution in [0.1, 0.15) is 30.9 Å². The zero-order chi connectivity index (χ0) is 22.2. The van der Waals surface area contributed by atoms with Gasteiger partial charge in [0.2, 0.25) is 0 Å². The van der Waals surface area contributed by atoms with Crippen LogP contribution < -0.4 is 0 Å². The molecule has 4 atom stereocenters. The number of rotatable bonds is 5. The minimum absolute atomic E-state index is 0.0703. The van der Waals surface area contributed by atoms with Gasteiger partial charge in [0, 0.05) is 44.2 Å². The Hall–Kier alpha value is -1.74. The maximum atomic E-state index is 13.7. The molecule has 0 spiro atoms. The van der Waals surface area contributed by atoms with Crippen molar-refractivity contribution in [3.05, 3.63) is 45.6 Å². The third-order valence-corrected chi connectivity index (χ3v) is 7.71. The number of ketones is 1. The Bertz CT molecular complexity index is 911. The lowest BCUT2D eigenvalue weighted by Gasteiger charge is -2.38. The molecule has 7 nitrogen and oxygen atoms in total. The number of hydrogen-bond acceptors (Lipinski definition) is 6. The molecule has 3 heterocycles. The van der Waals surface area contributed by atoms with Crippen LogP contribution in [0.15, 0.2) is 40.1 Å². The summed E-state index contributed by atoms with van der Waals surface area (Å²) in [6.07, 6.45) is 2.00. The molecule has 0 aromatic heterocycles. The molecule has 1 aromatic carbocycles. The van der Waals surface area contributed by atoms with Crippen LogP contribution in [0.3, 0.4) is 0 Å². The fraction of sp³-hybridized carbons (Fsp3) is 0.583. The summed E-state index contributed by atoms with van der Waals surface area (Å²) in [5.41, 5.74) is 1.48. The summed E-state index contributed by atoms with van der Waals surface area (Å²) in [5.74, 6) is -0.0542. The monoisotopic (exact) mass is 504 g/mol. The normalized spacial score (nSPS) is 30.9. The number of ether oxygens (including phenoxy) is 3. The van der Waals surface area contributed by atoms with Crippen LogP contribution in [-0.4, -0.2) is 80.2 Å². The van der Waals surface area contributed by atoms with Gasteiger partial charge in [-0.1, -0.05) is 28.1 Å². The second-order valence-electron chi connectivity index (χ2n) is 8.95. The number of fused-ring (bicyclic) bond motifs is 1. The van der Waals surface area contributed by atoms with Gasteiger partial charge in [-0.25, -0.2) is 0 Å². The van der Waals surface area contributed by atoms with Gasteiger partial charge in [0.1, 0.15) is 6.10 Å². The molecule has 1 amide bonds. The van der Waals surface area contributed by atoms with E-state index in [0.717, 1.165) is 42.5 Å². The Morgan fingerprint density at radius 3 is 2.56 bits per heavy atom. The first-order valence-corrected chi connectivity index (χ1v) is 12.2. The van der Waals surface area contributed by atoms with Crippen molar-refractivity contribution in [1.29, 1.82) is 0 Å². The molecule has 1 aliphatic carbocycles. The van der Waals surface area contributed by atoms with Crippen LogP contribution in [0.2, 0.25) is 0 Å². The van der Waals surface area contributed by atoms with Gasteiger partial charge in [0.25, 0.3) is 5.91 Å². The van der Waals surface area contributed by atoms with E-state index < -0.39 is 6.04 Å². The average Bonchev–Trinajstić information content (AvgIpc) is 3.10. The summed E-state index contributed by atoms with van der Waals surface area (Å²) in [7, 11) is 1.69. The van der Waals surface area contributed by atoms with Crippen LogP contribution >= 0.6 is 15.9 Å². The van der Waals surface area contributed by atoms with Crippen molar-refractivity contribution in [1.82, 2.24) is 9.80 Å². The number of benzene rings is 1. The molecule has 1 saturated carbocycles. The highest BCUT2D eigenvalue weighted by molar-refractivity contribution is 9.10. The minimum atomic E-state index is -0.403. The molecular formula is C24H29BrN2O5. The van der Waals surface area contributed by atoms with Crippen LogP contribution in [0.5, 0.6) is 0 Å². The quantitative estimate of drug-likeness (QED) is 0.613. The predicted octanol–water partition coefficient (Wildman–Crippen LogP) is 2.70. The Balaban J connectivity index is 1.45. The zero-order valence-corrected chi connectivity index (χ0v) is 19.9. The molecule has 1 saturated heterocycles. The van der Waals surface area contributed by atoms with Crippen molar-refractivity contribution < 1.29 is 23.8 Å². The molecular weight excluding hydrogens is 476 g/mol. The van der Waals surface area contributed by atoms with Crippen LogP contribution in [0.25, 0.3) is 0 Å². The fourth-order valence-electron chi connectivity index (χ4n) is 5.39. The number of amides is 1. The first kappa shape index (κ1) is 22.1. The minimum Gasteiger partial charge on any atom is -0.483 e. The first-order valence-electron chi connectivity index (χ1n) is 11.4. The SMILES string of the molecule is COC1CCC2C(=O)C3=C(OC2C1)C(=O)N(CCN1CCOCC1)C3c1ccc(Br)cc1. The van der Waals surface area contributed by atoms with E-state index in [-0.39, 0.29) is 35.6 Å². The lowest BCUT2D eigenvalue weighted by molar-refractivity contribution is -0.138. The van der Waals surface area contributed by atoms with Gasteiger partial charge in [0.05, 0.1) is 36.9 Å². The summed E-state index contributed by atoms with van der Waals surface area (Å²) < 4.78 is 18.2. The van der Waals surface area contributed by atoms with Crippen molar-refractivity contribution >= 4 is 27.6 Å². The molecule has 172 valence electrons. The molecule has 4 aliphatic rings. The molecule has 0 radical (unpaired) electrons. The predicted molar refractivity (Wildman–Crippen MR) is 121 cm³/mol. The summed E-state index contributed by atoms with van der Waals surface area (Å²) >= 11 is 3.49. The number of carbonyl (C=O) groups excluding carboxylic acids is 2. The van der Waals surface area contributed by atoms with Crippen LogP contribution in [0.4, 0.5) is 0 Å². The summed E-state index contributed by atoms with van der Waals surface area (Å²) in [6.45, 7) is 4.43. The van der Waals surface area contributed by atoms with E-state index in [1.807, 2.05) is 29.2 Å². The molecule has 1 aromatic rings. The number of nitrogens with zero attached hydrogens (tertiary/aromatic N) is 2. The average molecular weight is 505 g/mol. The number of hydrogen-bond donors (Lipinski definition) is 0. The molecule has 0 bridgehead atoms. The highest BCUT2D eigenvalue weighted by Crippen LogP contribution is 2.47. The molecule has 5 rings (SSSR count). The topological polar surface area (TPSA) is 68.3 Å². The van der Waals surface area contributed by atoms with Gasteiger partial charge in [0.15, 0.2) is 11.5 Å². The van der Waals surface area contributed by atoms with E-state index in [4.69, 9.17) is 14.2 Å². The van der Waals surface area contributed by atoms with Gasteiger partial charge < -0.3 is 19.1 Å². The Labute approximate surface area is 196 Å². The molecule has 32 heavy (non-hydrogen) atoms. The van der Waals surface area contributed by atoms with E-state index in [2.05, 4.69) is 20.8 Å². The Morgan fingerprint density at radius 2 is 1.84 bits per heavy atom. The molecule has 8 heteroatoms. The number of Topliss-reactive ketones (excluding diaryl/α,β-unsaturated/α-hetero) is 1. The molecule has 0 N–H and O–H groups in total. The maximum Gasteiger partial charge on any atom is 0.290 e. The van der Waals surface area contributed by atoms with Gasteiger partial charge in [-0.2, -0.15) is 0 Å². The number of methoxy groups -OCH3 is 1. The molecule has 3 aliphatic heterocycles. The van der Waals surface area contributed by atoms with Crippen molar-refractivity contribution in [3.8, 4) is 0 Å². The Kier molecular flexibility index (Phi) is 6.38. The Morgan fingerprint density at radius 1 is 1.09 bits per heavy atom. The van der Waals surface area contributed by atoms with E-state index in [9.17, 15) is 9.59 Å². The summed E-state index contributed by atoms with van der Waals surface area (Å²) in [6, 6.07) is 7.49. The maximum absolute atomic E-state index is 13.7. The van der Waals surface area contributed by atoms with Gasteiger partial charge in [-0.05, 0) is 30.5 Å². The molecule has 4 unspecified atom stereocenters. The second-order valence-corrected chi connectivity index (χ2v) is 9.86. The lowest BCUT2D eigenvalue weighted by atomic mass is 9.76. The van der Waals surface area contributed by atoms with Crippen molar-refractivity contribution in [2.24, 2.45) is 5.92 Å². The third-order valence-electron chi connectivity index (χ3n) is 7.18. The van der Waals surface area contributed by atoms with E-state index in [0.29, 0.717) is 31.8 Å². The fourth-order valence-corrected chi connectivity index (χ4v) is 5.65. The van der Waals surface area contributed by atoms with Gasteiger partial charge in [-0.3, -0.25) is 14.5 Å². The highest BCUT2D eigenvalue weighted by atomic mass is 79.9. The highest BCUT2D eigenvalue weighted by Gasteiger charge is 2.52. The smallest absolute Gasteiger partial charge is 0.290 e. The van der Waals surface area contributed by atoms with E-state index >= 15 is 0 Å². The summed E-state index contributed by atoms with van der Waals surface area (Å²) in [4.78, 5) is 31.4. The van der Waals surface area contributed by atoms with Crippen LogP contribution in [0, 0.1) is 5.92 Å². The number of halogens is 1. The standard InChI is InChI=1S/C24H29BrN2O5/c1-30-17-6-7-18-19(14-17)32-23-20(22(18)28)21(15-2-4-16(25)5-3-15)27(24(23)29)9-8-26-10-12-31-13-11-26/h2-5,17-19,21H,6-14H2,1H3. The lowest BCUT2D eigenvalue weighted by Crippen LogP contribution is -2.43. The second kappa shape index (κ2) is 9.25. The third kappa shape index (κ3) is 4.02. The number of carbonyl (C=O) groups is 2. The summed E-state index contributed by atoms with van der Waals surface area (Å²) in [5, 5.41) is 0. The van der Waals surface area contributed by atoms with E-state index in [1.165, 1.54) is 0 Å². The van der Waals surface area contributed by atoms with E-state index in [1.54, 1.807) is 7.11 Å². The molecule has 2 fully saturated rings. The van der Waals surface area contributed by atoms with Crippen molar-refractivity contribution in [2.75, 3.05) is 46.5 Å². The van der Waals surface area contributed by atoms with Crippen LogP contribution in [-0.2, 0) is 23.8 Å². The zero-order valence-electron chi connectivity index (χ0n) is 18.3. The number of morpholine rings is 1. The van der Waals surface area contributed by atoms with Crippen molar-refractivity contribution in [3.63, 3.8) is 0 Å². The van der Waals surface area contributed by atoms with Gasteiger partial charge >= 0.3 is 0 Å². The largest absolute Gasteiger partial charge is 0.483 e. The van der Waals surface area contributed by atoms with Gasteiger partial charge in [-0.15, -0.1) is 0 Å². The van der Waals surface area contributed by atoms with Crippen molar-refractivity contribution in [2.45, 2.75) is 37.5 Å². The first-order chi connectivity index (χ1) is 15.6.